The molecule has 0 radical (unpaired) electrons. The fourth-order valence-electron chi connectivity index (χ4n) is 1.67. The Morgan fingerprint density at radius 2 is 2.00 bits per heavy atom. The van der Waals surface area contributed by atoms with E-state index < -0.39 is 5.97 Å². The third-order valence-corrected chi connectivity index (χ3v) is 3.03. The van der Waals surface area contributed by atoms with Gasteiger partial charge in [0.25, 0.3) is 0 Å². The van der Waals surface area contributed by atoms with Crippen molar-refractivity contribution in [3.63, 3.8) is 0 Å². The van der Waals surface area contributed by atoms with Crippen LogP contribution < -0.4 is 15.2 Å². The molecule has 6 heteroatoms. The Labute approximate surface area is 127 Å². The number of nitrogens with two attached hydrogens (primary N) is 1. The molecule has 0 aliphatic rings. The molecule has 0 amide bonds. The lowest BCUT2D eigenvalue weighted by molar-refractivity contribution is -0.145. The number of benzene rings is 1. The summed E-state index contributed by atoms with van der Waals surface area (Å²) in [7, 11) is 0. The monoisotopic (exact) mass is 345 g/mol. The smallest absolute Gasteiger partial charge is 0.344 e. The summed E-state index contributed by atoms with van der Waals surface area (Å²) in [5.41, 5.74) is 6.60. The van der Waals surface area contributed by atoms with Gasteiger partial charge in [0.2, 0.25) is 0 Å². The minimum absolute atomic E-state index is 0.150. The fraction of sp³-hybridized carbons (Fsp3) is 0.500. The van der Waals surface area contributed by atoms with Crippen LogP contribution in [0.5, 0.6) is 11.5 Å². The minimum atomic E-state index is -0.409. The van der Waals surface area contributed by atoms with Crippen LogP contribution in [0.15, 0.2) is 16.6 Å². The van der Waals surface area contributed by atoms with Gasteiger partial charge in [-0.15, -0.1) is 0 Å². The van der Waals surface area contributed by atoms with Crippen molar-refractivity contribution in [2.75, 3.05) is 26.4 Å². The highest BCUT2D eigenvalue weighted by Crippen LogP contribution is 2.37. The molecule has 1 aromatic rings. The Balaban J connectivity index is 2.89. The maximum absolute atomic E-state index is 11.3. The van der Waals surface area contributed by atoms with E-state index in [9.17, 15) is 4.79 Å². The molecule has 0 saturated carbocycles. The van der Waals surface area contributed by atoms with E-state index >= 15 is 0 Å². The highest BCUT2D eigenvalue weighted by Gasteiger charge is 2.14. The van der Waals surface area contributed by atoms with Gasteiger partial charge in [0.15, 0.2) is 18.1 Å². The summed E-state index contributed by atoms with van der Waals surface area (Å²) in [4.78, 5) is 11.3. The second kappa shape index (κ2) is 8.81. The summed E-state index contributed by atoms with van der Waals surface area (Å²) in [6, 6.07) is 3.79. The molecule has 0 aromatic heterocycles. The van der Waals surface area contributed by atoms with E-state index in [1.807, 2.05) is 19.1 Å². The summed E-state index contributed by atoms with van der Waals surface area (Å²) in [6.07, 6.45) is 0.747. The minimum Gasteiger partial charge on any atom is -0.490 e. The van der Waals surface area contributed by atoms with Gasteiger partial charge < -0.3 is 19.9 Å². The Kier molecular flexibility index (Phi) is 7.40. The second-order valence-electron chi connectivity index (χ2n) is 3.97. The molecule has 5 nitrogen and oxygen atoms in total. The molecule has 0 unspecified atom stereocenters. The Morgan fingerprint density at radius 3 is 2.60 bits per heavy atom. The molecule has 20 heavy (non-hydrogen) atoms. The highest BCUT2D eigenvalue weighted by atomic mass is 79.9. The molecule has 0 fully saturated rings. The molecular formula is C14H20BrNO4. The van der Waals surface area contributed by atoms with Gasteiger partial charge in [-0.2, -0.15) is 0 Å². The van der Waals surface area contributed by atoms with Crippen molar-refractivity contribution in [2.45, 2.75) is 20.3 Å². The van der Waals surface area contributed by atoms with E-state index in [-0.39, 0.29) is 6.61 Å². The Bertz CT molecular complexity index is 451. The SMILES string of the molecule is CCOC(=O)COc1c(Br)cc(CCN)cc1OCC. The fourth-order valence-corrected chi connectivity index (χ4v) is 2.27. The topological polar surface area (TPSA) is 70.8 Å². The summed E-state index contributed by atoms with van der Waals surface area (Å²) < 4.78 is 16.6. The molecule has 1 rings (SSSR count). The van der Waals surface area contributed by atoms with Gasteiger partial charge in [-0.25, -0.2) is 4.79 Å². The van der Waals surface area contributed by atoms with Crippen molar-refractivity contribution in [1.82, 2.24) is 0 Å². The van der Waals surface area contributed by atoms with Crippen molar-refractivity contribution in [3.8, 4) is 11.5 Å². The van der Waals surface area contributed by atoms with Crippen molar-refractivity contribution >= 4 is 21.9 Å². The summed E-state index contributed by atoms with van der Waals surface area (Å²) in [6.45, 7) is 4.88. The number of carbonyl (C=O) groups is 1. The number of halogens is 1. The molecule has 0 atom stereocenters. The zero-order valence-corrected chi connectivity index (χ0v) is 13.4. The molecule has 2 N–H and O–H groups in total. The normalized spacial score (nSPS) is 10.2. The molecule has 0 aliphatic heterocycles. The van der Waals surface area contributed by atoms with E-state index in [4.69, 9.17) is 19.9 Å². The van der Waals surface area contributed by atoms with Crippen LogP contribution in [0.25, 0.3) is 0 Å². The maximum atomic E-state index is 11.3. The lowest BCUT2D eigenvalue weighted by Gasteiger charge is -2.15. The number of carbonyl (C=O) groups excluding carboxylic acids is 1. The molecule has 0 aliphatic carbocycles. The third-order valence-electron chi connectivity index (χ3n) is 2.44. The van der Waals surface area contributed by atoms with Crippen LogP contribution in [-0.4, -0.2) is 32.3 Å². The van der Waals surface area contributed by atoms with Crippen molar-refractivity contribution in [3.05, 3.63) is 22.2 Å². The van der Waals surface area contributed by atoms with Gasteiger partial charge in [0.05, 0.1) is 17.7 Å². The average Bonchev–Trinajstić information content (AvgIpc) is 2.39. The van der Waals surface area contributed by atoms with Crippen LogP contribution in [0.1, 0.15) is 19.4 Å². The van der Waals surface area contributed by atoms with Gasteiger partial charge in [0, 0.05) is 0 Å². The van der Waals surface area contributed by atoms with E-state index in [0.717, 1.165) is 16.5 Å². The average molecular weight is 346 g/mol. The van der Waals surface area contributed by atoms with Crippen LogP contribution in [-0.2, 0) is 16.0 Å². The molecule has 1 aromatic carbocycles. The van der Waals surface area contributed by atoms with E-state index in [2.05, 4.69) is 15.9 Å². The lowest BCUT2D eigenvalue weighted by atomic mass is 10.1. The maximum Gasteiger partial charge on any atom is 0.344 e. The number of rotatable bonds is 8. The predicted octanol–water partition coefficient (Wildman–Crippen LogP) is 2.29. The largest absolute Gasteiger partial charge is 0.490 e. The third kappa shape index (κ3) is 5.02. The number of hydrogen-bond acceptors (Lipinski definition) is 5. The van der Waals surface area contributed by atoms with E-state index in [1.54, 1.807) is 6.92 Å². The first-order chi connectivity index (χ1) is 9.62. The molecule has 0 bridgehead atoms. The highest BCUT2D eigenvalue weighted by molar-refractivity contribution is 9.10. The molecule has 112 valence electrons. The lowest BCUT2D eigenvalue weighted by Crippen LogP contribution is -2.15. The van der Waals surface area contributed by atoms with E-state index in [0.29, 0.717) is 31.3 Å². The number of hydrogen-bond donors (Lipinski definition) is 1. The first-order valence-electron chi connectivity index (χ1n) is 6.56. The standard InChI is InChI=1S/C14H20BrNO4/c1-3-18-12-8-10(5-6-16)7-11(15)14(12)20-9-13(17)19-4-2/h7-8H,3-6,9,16H2,1-2H3. The van der Waals surface area contributed by atoms with Crippen LogP contribution in [0.2, 0.25) is 0 Å². The van der Waals surface area contributed by atoms with E-state index in [1.165, 1.54) is 0 Å². The zero-order valence-electron chi connectivity index (χ0n) is 11.8. The zero-order chi connectivity index (χ0) is 15.0. The number of ether oxygens (including phenoxy) is 3. The van der Waals surface area contributed by atoms with Crippen molar-refractivity contribution in [1.29, 1.82) is 0 Å². The van der Waals surface area contributed by atoms with Gasteiger partial charge in [0.1, 0.15) is 0 Å². The summed E-state index contributed by atoms with van der Waals surface area (Å²) >= 11 is 3.43. The first-order valence-corrected chi connectivity index (χ1v) is 7.35. The quantitative estimate of drug-likeness (QED) is 0.732. The first kappa shape index (κ1) is 16.8. The Hall–Kier alpha value is -1.27. The summed E-state index contributed by atoms with van der Waals surface area (Å²) in [5.74, 6) is 0.684. The van der Waals surface area contributed by atoms with Gasteiger partial charge >= 0.3 is 5.97 Å². The van der Waals surface area contributed by atoms with Crippen molar-refractivity contribution in [2.24, 2.45) is 5.73 Å². The van der Waals surface area contributed by atoms with Crippen LogP contribution >= 0.6 is 15.9 Å². The summed E-state index contributed by atoms with van der Waals surface area (Å²) in [5, 5.41) is 0. The van der Waals surface area contributed by atoms with Gasteiger partial charge in [-0.05, 0) is 60.4 Å². The van der Waals surface area contributed by atoms with Gasteiger partial charge in [-0.1, -0.05) is 0 Å². The van der Waals surface area contributed by atoms with Gasteiger partial charge in [-0.3, -0.25) is 0 Å². The van der Waals surface area contributed by atoms with Crippen LogP contribution in [0, 0.1) is 0 Å². The predicted molar refractivity (Wildman–Crippen MR) is 80.2 cm³/mol. The van der Waals surface area contributed by atoms with Crippen LogP contribution in [0.4, 0.5) is 0 Å². The molecule has 0 spiro atoms. The van der Waals surface area contributed by atoms with Crippen molar-refractivity contribution < 1.29 is 19.0 Å². The molecular weight excluding hydrogens is 326 g/mol. The number of esters is 1. The molecule has 0 heterocycles. The Morgan fingerprint density at radius 1 is 1.25 bits per heavy atom. The second-order valence-corrected chi connectivity index (χ2v) is 4.82. The van der Waals surface area contributed by atoms with Crippen LogP contribution in [0.3, 0.4) is 0 Å². The molecule has 0 saturated heterocycles.